The first-order valence-electron chi connectivity index (χ1n) is 7.37. The van der Waals surface area contributed by atoms with Crippen molar-refractivity contribution in [3.63, 3.8) is 0 Å². The molecule has 0 N–H and O–H groups in total. The Morgan fingerprint density at radius 1 is 1.40 bits per heavy atom. The maximum atomic E-state index is 12.5. The number of piperidine rings is 1. The van der Waals surface area contributed by atoms with Gasteiger partial charge in [-0.25, -0.2) is 4.98 Å². The summed E-state index contributed by atoms with van der Waals surface area (Å²) in [6.07, 6.45) is 5.12. The van der Waals surface area contributed by atoms with Gasteiger partial charge in [-0.3, -0.25) is 14.3 Å². The van der Waals surface area contributed by atoms with Crippen LogP contribution in [-0.4, -0.2) is 27.5 Å². The molecule has 5 heteroatoms. The monoisotopic (exact) mass is 291 g/mol. The van der Waals surface area contributed by atoms with Crippen LogP contribution in [0.5, 0.6) is 0 Å². The standard InChI is InChI=1S/C15H21N3OS/c1-3-12-8-13-14(20-12)16-9-18(15(13)19)10-17-6-4-11(2)5-7-17/h8-9,11H,3-7,10H2,1-2H3. The van der Waals surface area contributed by atoms with E-state index < -0.39 is 0 Å². The molecule has 108 valence electrons. The van der Waals surface area contributed by atoms with Gasteiger partial charge in [-0.2, -0.15) is 0 Å². The van der Waals surface area contributed by atoms with Gasteiger partial charge in [0, 0.05) is 18.0 Å². The highest BCUT2D eigenvalue weighted by molar-refractivity contribution is 7.18. The molecule has 0 aromatic carbocycles. The molecule has 4 nitrogen and oxygen atoms in total. The van der Waals surface area contributed by atoms with Crippen molar-refractivity contribution >= 4 is 21.6 Å². The number of nitrogens with zero attached hydrogens (tertiary/aromatic N) is 3. The number of hydrogen-bond donors (Lipinski definition) is 0. The molecule has 0 unspecified atom stereocenters. The fraction of sp³-hybridized carbons (Fsp3) is 0.600. The molecule has 0 atom stereocenters. The van der Waals surface area contributed by atoms with Crippen molar-refractivity contribution in [3.05, 3.63) is 27.6 Å². The third-order valence-electron chi connectivity index (χ3n) is 4.15. The normalized spacial score (nSPS) is 17.9. The lowest BCUT2D eigenvalue weighted by Gasteiger charge is -2.30. The lowest BCUT2D eigenvalue weighted by atomic mass is 10.00. The quantitative estimate of drug-likeness (QED) is 0.872. The van der Waals surface area contributed by atoms with Crippen LogP contribution in [0, 0.1) is 5.92 Å². The highest BCUT2D eigenvalue weighted by Crippen LogP contribution is 2.21. The Hall–Kier alpha value is -1.20. The fourth-order valence-electron chi connectivity index (χ4n) is 2.70. The lowest BCUT2D eigenvalue weighted by Crippen LogP contribution is -2.37. The molecule has 3 rings (SSSR count). The Balaban J connectivity index is 1.85. The largest absolute Gasteiger partial charge is 0.286 e. The number of rotatable bonds is 3. The molecule has 0 spiro atoms. The van der Waals surface area contributed by atoms with Crippen molar-refractivity contribution in [3.8, 4) is 0 Å². The molecule has 2 aromatic heterocycles. The van der Waals surface area contributed by atoms with E-state index in [1.807, 2.05) is 6.07 Å². The Morgan fingerprint density at radius 3 is 2.85 bits per heavy atom. The first-order chi connectivity index (χ1) is 9.67. The van der Waals surface area contributed by atoms with Gasteiger partial charge in [-0.15, -0.1) is 11.3 Å². The molecule has 0 aliphatic carbocycles. The van der Waals surface area contributed by atoms with Crippen molar-refractivity contribution in [2.45, 2.75) is 39.8 Å². The third kappa shape index (κ3) is 2.65. The van der Waals surface area contributed by atoms with E-state index in [4.69, 9.17) is 0 Å². The first kappa shape index (κ1) is 13.8. The molecule has 0 amide bonds. The van der Waals surface area contributed by atoms with Crippen LogP contribution in [0.1, 0.15) is 31.6 Å². The summed E-state index contributed by atoms with van der Waals surface area (Å²) in [5.41, 5.74) is 0.101. The van der Waals surface area contributed by atoms with Crippen molar-refractivity contribution in [1.29, 1.82) is 0 Å². The van der Waals surface area contributed by atoms with Gasteiger partial charge in [0.1, 0.15) is 11.2 Å². The fourth-order valence-corrected chi connectivity index (χ4v) is 3.63. The minimum absolute atomic E-state index is 0.101. The van der Waals surface area contributed by atoms with Crippen molar-refractivity contribution < 1.29 is 0 Å². The maximum absolute atomic E-state index is 12.5. The average Bonchev–Trinajstić information content (AvgIpc) is 2.88. The number of thiophene rings is 1. The van der Waals surface area contributed by atoms with Crippen LogP contribution in [0.2, 0.25) is 0 Å². The predicted molar refractivity (Wildman–Crippen MR) is 83.2 cm³/mol. The molecule has 1 aliphatic heterocycles. The van der Waals surface area contributed by atoms with Crippen LogP contribution < -0.4 is 5.56 Å². The van der Waals surface area contributed by atoms with Crippen molar-refractivity contribution in [2.75, 3.05) is 13.1 Å². The summed E-state index contributed by atoms with van der Waals surface area (Å²) in [5, 5.41) is 0.778. The maximum Gasteiger partial charge on any atom is 0.263 e. The second-order valence-electron chi connectivity index (χ2n) is 5.75. The van der Waals surface area contributed by atoms with Gasteiger partial charge >= 0.3 is 0 Å². The van der Waals surface area contributed by atoms with E-state index in [-0.39, 0.29) is 5.56 Å². The molecule has 1 fully saturated rings. The van der Waals surface area contributed by atoms with Gasteiger partial charge in [0.25, 0.3) is 5.56 Å². The molecule has 2 aromatic rings. The van der Waals surface area contributed by atoms with Crippen LogP contribution in [0.3, 0.4) is 0 Å². The van der Waals surface area contributed by atoms with Crippen LogP contribution in [-0.2, 0) is 13.1 Å². The zero-order chi connectivity index (χ0) is 14.1. The second-order valence-corrected chi connectivity index (χ2v) is 6.86. The molecule has 1 aliphatic rings. The topological polar surface area (TPSA) is 38.1 Å². The van der Waals surface area contributed by atoms with E-state index in [0.717, 1.165) is 35.6 Å². The first-order valence-corrected chi connectivity index (χ1v) is 8.19. The Bertz CT molecular complexity index is 653. The van der Waals surface area contributed by atoms with Gasteiger partial charge in [0.05, 0.1) is 12.1 Å². The van der Waals surface area contributed by atoms with Crippen LogP contribution in [0.4, 0.5) is 0 Å². The van der Waals surface area contributed by atoms with E-state index in [0.29, 0.717) is 6.67 Å². The summed E-state index contributed by atoms with van der Waals surface area (Å²) >= 11 is 1.63. The predicted octanol–water partition coefficient (Wildman–Crippen LogP) is 2.71. The lowest BCUT2D eigenvalue weighted by molar-refractivity contribution is 0.152. The summed E-state index contributed by atoms with van der Waals surface area (Å²) in [5.74, 6) is 0.813. The highest BCUT2D eigenvalue weighted by Gasteiger charge is 2.17. The number of likely N-dealkylation sites (tertiary alicyclic amines) is 1. The average molecular weight is 291 g/mol. The molecule has 0 radical (unpaired) electrons. The zero-order valence-electron chi connectivity index (χ0n) is 12.1. The van der Waals surface area contributed by atoms with E-state index >= 15 is 0 Å². The summed E-state index contributed by atoms with van der Waals surface area (Å²) < 4.78 is 1.75. The molecule has 20 heavy (non-hydrogen) atoms. The molecule has 0 saturated carbocycles. The van der Waals surface area contributed by atoms with E-state index in [2.05, 4.69) is 23.7 Å². The van der Waals surface area contributed by atoms with E-state index in [1.54, 1.807) is 22.2 Å². The summed E-state index contributed by atoms with van der Waals surface area (Å²) in [4.78, 5) is 21.4. The van der Waals surface area contributed by atoms with Gasteiger partial charge in [-0.05, 0) is 31.2 Å². The smallest absolute Gasteiger partial charge is 0.263 e. The second kappa shape index (κ2) is 5.66. The van der Waals surface area contributed by atoms with Crippen LogP contribution in [0.15, 0.2) is 17.2 Å². The number of fused-ring (bicyclic) bond motifs is 1. The third-order valence-corrected chi connectivity index (χ3v) is 5.33. The van der Waals surface area contributed by atoms with Crippen molar-refractivity contribution in [2.24, 2.45) is 5.92 Å². The van der Waals surface area contributed by atoms with Gasteiger partial charge in [0.2, 0.25) is 0 Å². The molecule has 0 bridgehead atoms. The Morgan fingerprint density at radius 2 is 2.15 bits per heavy atom. The zero-order valence-corrected chi connectivity index (χ0v) is 12.9. The SMILES string of the molecule is CCc1cc2c(=O)n(CN3CCC(C)CC3)cnc2s1. The van der Waals surface area contributed by atoms with Crippen LogP contribution in [0.25, 0.3) is 10.2 Å². The number of aromatic nitrogens is 2. The minimum atomic E-state index is 0.101. The van der Waals surface area contributed by atoms with Crippen molar-refractivity contribution in [1.82, 2.24) is 14.5 Å². The van der Waals surface area contributed by atoms with E-state index in [1.165, 1.54) is 17.7 Å². The molecular formula is C15H21N3OS. The molecule has 1 saturated heterocycles. The summed E-state index contributed by atoms with van der Waals surface area (Å²) in [7, 11) is 0. The Labute approximate surface area is 123 Å². The van der Waals surface area contributed by atoms with E-state index in [9.17, 15) is 4.79 Å². The Kier molecular flexibility index (Phi) is 3.89. The highest BCUT2D eigenvalue weighted by atomic mass is 32.1. The minimum Gasteiger partial charge on any atom is -0.286 e. The molecular weight excluding hydrogens is 270 g/mol. The summed E-state index contributed by atoms with van der Waals surface area (Å²) in [6, 6.07) is 2.00. The molecule has 3 heterocycles. The summed E-state index contributed by atoms with van der Waals surface area (Å²) in [6.45, 7) is 7.24. The number of aryl methyl sites for hydroxylation is 1. The van der Waals surface area contributed by atoms with Crippen LogP contribution >= 0.6 is 11.3 Å². The van der Waals surface area contributed by atoms with Gasteiger partial charge < -0.3 is 0 Å². The number of hydrogen-bond acceptors (Lipinski definition) is 4. The van der Waals surface area contributed by atoms with Gasteiger partial charge in [0.15, 0.2) is 0 Å². The van der Waals surface area contributed by atoms with Gasteiger partial charge in [-0.1, -0.05) is 13.8 Å².